The van der Waals surface area contributed by atoms with Gasteiger partial charge in [-0.2, -0.15) is 4.31 Å². The Morgan fingerprint density at radius 3 is 2.47 bits per heavy atom. The second-order valence-corrected chi connectivity index (χ2v) is 6.63. The Kier molecular flexibility index (Phi) is 3.89. The number of nitrogens with zero attached hydrogens (tertiary/aromatic N) is 1. The first-order valence-corrected chi connectivity index (χ1v) is 7.49. The fraction of sp³-hybridized carbons (Fsp3) is 0.286. The molecule has 2 aromatic carbocycles. The first kappa shape index (κ1) is 14.0. The molecule has 2 aromatic rings. The maximum Gasteiger partial charge on any atom is 0.243 e. The first-order chi connectivity index (χ1) is 8.93. The van der Waals surface area contributed by atoms with Crippen LogP contribution in [-0.4, -0.2) is 37.5 Å². The van der Waals surface area contributed by atoms with Crippen molar-refractivity contribution < 1.29 is 13.5 Å². The number of rotatable bonds is 4. The highest BCUT2D eigenvalue weighted by atomic mass is 32.2. The second-order valence-electron chi connectivity index (χ2n) is 4.61. The zero-order valence-electron chi connectivity index (χ0n) is 10.9. The molecule has 5 heteroatoms. The molecule has 1 unspecified atom stereocenters. The van der Waals surface area contributed by atoms with Crippen LogP contribution in [0.25, 0.3) is 10.8 Å². The standard InChI is InChI=1S/C14H17NO3S/c1-11(16)10-15(2)19(17,18)14-9-5-7-12-6-3-4-8-13(12)14/h3-9,11,16H,10H2,1-2H3. The Labute approximate surface area is 113 Å². The summed E-state index contributed by atoms with van der Waals surface area (Å²) in [7, 11) is -2.11. The predicted octanol–water partition coefficient (Wildman–Crippen LogP) is 1.84. The van der Waals surface area contributed by atoms with Crippen LogP contribution in [0.4, 0.5) is 0 Å². The van der Waals surface area contributed by atoms with E-state index in [0.717, 1.165) is 5.39 Å². The molecule has 4 nitrogen and oxygen atoms in total. The molecular formula is C14H17NO3S. The predicted molar refractivity (Wildman–Crippen MR) is 75.4 cm³/mol. The average Bonchev–Trinajstić information content (AvgIpc) is 2.37. The number of sulfonamides is 1. The van der Waals surface area contributed by atoms with E-state index in [4.69, 9.17) is 0 Å². The SMILES string of the molecule is CC(O)CN(C)S(=O)(=O)c1cccc2ccccc12. The largest absolute Gasteiger partial charge is 0.392 e. The van der Waals surface area contributed by atoms with Crippen LogP contribution in [0.5, 0.6) is 0 Å². The van der Waals surface area contributed by atoms with Gasteiger partial charge in [0.05, 0.1) is 11.0 Å². The van der Waals surface area contributed by atoms with Crippen molar-refractivity contribution in [2.75, 3.05) is 13.6 Å². The summed E-state index contributed by atoms with van der Waals surface area (Å²) in [6, 6.07) is 12.6. The van der Waals surface area contributed by atoms with Crippen LogP contribution in [-0.2, 0) is 10.0 Å². The number of aliphatic hydroxyl groups is 1. The molecule has 1 atom stereocenters. The summed E-state index contributed by atoms with van der Waals surface area (Å²) in [5.41, 5.74) is 0. The molecule has 0 saturated carbocycles. The number of hydrogen-bond donors (Lipinski definition) is 1. The minimum absolute atomic E-state index is 0.0750. The van der Waals surface area contributed by atoms with Gasteiger partial charge in [0.1, 0.15) is 0 Å². The van der Waals surface area contributed by atoms with E-state index in [1.54, 1.807) is 25.1 Å². The topological polar surface area (TPSA) is 57.6 Å². The van der Waals surface area contributed by atoms with E-state index < -0.39 is 16.1 Å². The van der Waals surface area contributed by atoms with Crippen molar-refractivity contribution in [3.8, 4) is 0 Å². The Morgan fingerprint density at radius 2 is 1.79 bits per heavy atom. The summed E-state index contributed by atoms with van der Waals surface area (Å²) in [4.78, 5) is 0.272. The van der Waals surface area contributed by atoms with Gasteiger partial charge in [0.15, 0.2) is 0 Å². The van der Waals surface area contributed by atoms with Crippen LogP contribution in [0.2, 0.25) is 0 Å². The molecule has 0 saturated heterocycles. The second kappa shape index (κ2) is 5.28. The molecule has 0 fully saturated rings. The minimum Gasteiger partial charge on any atom is -0.392 e. The molecule has 0 spiro atoms. The monoisotopic (exact) mass is 279 g/mol. The van der Waals surface area contributed by atoms with Crippen LogP contribution >= 0.6 is 0 Å². The molecule has 0 aliphatic rings. The highest BCUT2D eigenvalue weighted by Gasteiger charge is 2.23. The molecule has 1 N–H and O–H groups in total. The van der Waals surface area contributed by atoms with Crippen molar-refractivity contribution in [3.63, 3.8) is 0 Å². The third kappa shape index (κ3) is 2.78. The molecule has 102 valence electrons. The fourth-order valence-electron chi connectivity index (χ4n) is 2.06. The van der Waals surface area contributed by atoms with Gasteiger partial charge in [0, 0.05) is 19.0 Å². The molecular weight excluding hydrogens is 262 g/mol. The third-order valence-corrected chi connectivity index (χ3v) is 4.84. The highest BCUT2D eigenvalue weighted by molar-refractivity contribution is 7.89. The van der Waals surface area contributed by atoms with Crippen molar-refractivity contribution in [1.29, 1.82) is 0 Å². The summed E-state index contributed by atoms with van der Waals surface area (Å²) in [5, 5.41) is 10.9. The van der Waals surface area contributed by atoms with Gasteiger partial charge < -0.3 is 5.11 Å². The van der Waals surface area contributed by atoms with Crippen LogP contribution in [0.1, 0.15) is 6.92 Å². The summed E-state index contributed by atoms with van der Waals surface area (Å²) in [5.74, 6) is 0. The minimum atomic E-state index is -3.59. The summed E-state index contributed by atoms with van der Waals surface area (Å²) >= 11 is 0. The summed E-state index contributed by atoms with van der Waals surface area (Å²) in [6.07, 6.45) is -0.699. The number of aliphatic hydroxyl groups excluding tert-OH is 1. The van der Waals surface area contributed by atoms with Gasteiger partial charge in [0.25, 0.3) is 0 Å². The first-order valence-electron chi connectivity index (χ1n) is 6.05. The summed E-state index contributed by atoms with van der Waals surface area (Å²) < 4.78 is 26.2. The van der Waals surface area contributed by atoms with E-state index in [1.807, 2.05) is 24.3 Å². The Morgan fingerprint density at radius 1 is 1.16 bits per heavy atom. The zero-order valence-corrected chi connectivity index (χ0v) is 11.8. The lowest BCUT2D eigenvalue weighted by Crippen LogP contribution is -2.33. The number of likely N-dealkylation sites (N-methyl/N-ethyl adjacent to an activating group) is 1. The van der Waals surface area contributed by atoms with Crippen molar-refractivity contribution in [3.05, 3.63) is 42.5 Å². The van der Waals surface area contributed by atoms with Gasteiger partial charge in [-0.05, 0) is 18.4 Å². The quantitative estimate of drug-likeness (QED) is 0.929. The van der Waals surface area contributed by atoms with Gasteiger partial charge in [-0.15, -0.1) is 0 Å². The van der Waals surface area contributed by atoms with E-state index in [1.165, 1.54) is 11.4 Å². The molecule has 0 bridgehead atoms. The Bertz CT molecular complexity index is 675. The van der Waals surface area contributed by atoms with E-state index in [-0.39, 0.29) is 11.4 Å². The van der Waals surface area contributed by atoms with Crippen molar-refractivity contribution in [2.24, 2.45) is 0 Å². The zero-order chi connectivity index (χ0) is 14.0. The normalized spacial score (nSPS) is 13.9. The van der Waals surface area contributed by atoms with Crippen LogP contribution in [0.3, 0.4) is 0 Å². The molecule has 0 aliphatic carbocycles. The molecule has 0 radical (unpaired) electrons. The molecule has 0 aliphatic heterocycles. The summed E-state index contributed by atoms with van der Waals surface area (Å²) in [6.45, 7) is 1.64. The molecule has 0 heterocycles. The van der Waals surface area contributed by atoms with E-state index in [9.17, 15) is 13.5 Å². The van der Waals surface area contributed by atoms with Gasteiger partial charge in [-0.1, -0.05) is 36.4 Å². The average molecular weight is 279 g/mol. The molecule has 0 aromatic heterocycles. The van der Waals surface area contributed by atoms with Gasteiger partial charge in [0.2, 0.25) is 10.0 Å². The smallest absolute Gasteiger partial charge is 0.243 e. The fourth-order valence-corrected chi connectivity index (χ4v) is 3.52. The van der Waals surface area contributed by atoms with E-state index in [0.29, 0.717) is 5.39 Å². The lowest BCUT2D eigenvalue weighted by atomic mass is 10.1. The van der Waals surface area contributed by atoms with Crippen molar-refractivity contribution in [2.45, 2.75) is 17.9 Å². The number of fused-ring (bicyclic) bond motifs is 1. The third-order valence-electron chi connectivity index (χ3n) is 2.96. The lowest BCUT2D eigenvalue weighted by molar-refractivity contribution is 0.171. The van der Waals surface area contributed by atoms with Gasteiger partial charge in [-0.25, -0.2) is 8.42 Å². The highest BCUT2D eigenvalue weighted by Crippen LogP contribution is 2.25. The van der Waals surface area contributed by atoms with Gasteiger partial charge >= 0.3 is 0 Å². The van der Waals surface area contributed by atoms with Crippen LogP contribution in [0, 0.1) is 0 Å². The Hall–Kier alpha value is -1.43. The van der Waals surface area contributed by atoms with E-state index in [2.05, 4.69) is 0 Å². The maximum atomic E-state index is 12.5. The number of hydrogen-bond acceptors (Lipinski definition) is 3. The van der Waals surface area contributed by atoms with Crippen LogP contribution < -0.4 is 0 Å². The maximum absolute atomic E-state index is 12.5. The van der Waals surface area contributed by atoms with Crippen LogP contribution in [0.15, 0.2) is 47.4 Å². The number of benzene rings is 2. The Balaban J connectivity index is 2.55. The molecule has 2 rings (SSSR count). The lowest BCUT2D eigenvalue weighted by Gasteiger charge is -2.19. The van der Waals surface area contributed by atoms with E-state index >= 15 is 0 Å². The van der Waals surface area contributed by atoms with Crippen molar-refractivity contribution in [1.82, 2.24) is 4.31 Å². The van der Waals surface area contributed by atoms with Gasteiger partial charge in [-0.3, -0.25) is 0 Å². The molecule has 19 heavy (non-hydrogen) atoms. The van der Waals surface area contributed by atoms with Crippen molar-refractivity contribution >= 4 is 20.8 Å². The molecule has 0 amide bonds.